The molecule has 39 heavy (non-hydrogen) atoms. The number of rotatable bonds is 2. The fourth-order valence-corrected chi connectivity index (χ4v) is 10.4. The molecule has 0 bridgehead atoms. The molecule has 1 aromatic heterocycles. The quantitative estimate of drug-likeness (QED) is 0.124. The SMILES string of the molecule is CC(=O)/C=C(/C)O.[Ir].[c-]1cc2c3c(c1-c1cc4ccccc4cn1)[Se]c1ccccc1B3c1ccccc1[Se]2. The molecule has 7 rings (SSSR count). The molecular formula is C32H23BIrNO2Se2-. The van der Waals surface area contributed by atoms with Gasteiger partial charge in [0.25, 0.3) is 0 Å². The zero-order valence-corrected chi connectivity index (χ0v) is 27.1. The number of nitrogens with zero attached hydrogens (tertiary/aromatic N) is 1. The predicted octanol–water partition coefficient (Wildman–Crippen LogP) is 1.19. The molecule has 0 amide bonds. The first-order valence-corrected chi connectivity index (χ1v) is 15.8. The van der Waals surface area contributed by atoms with E-state index in [1.165, 1.54) is 65.0 Å². The standard InChI is InChI=1S/C27H15BNSe2.C5H8O2.Ir/c1-2-8-18-16-29-22(15-17(18)7-1)19-13-14-25-26-27(19)31-24-12-6-4-10-21(24)28(26)20-9-3-5-11-23(20)30-25;1-4(6)3-5(2)7;/h1-12,14-16H;3,6H,1-2H3;/q-1;;/b;4-3-;. The van der Waals surface area contributed by atoms with Crippen LogP contribution >= 0.6 is 0 Å². The van der Waals surface area contributed by atoms with Gasteiger partial charge in [-0.1, -0.05) is 0 Å². The molecule has 1 N–H and O–H groups in total. The summed E-state index contributed by atoms with van der Waals surface area (Å²) in [6.07, 6.45) is 3.17. The van der Waals surface area contributed by atoms with Crippen LogP contribution in [0, 0.1) is 6.07 Å². The first-order chi connectivity index (χ1) is 18.5. The molecule has 0 saturated heterocycles. The normalized spacial score (nSPS) is 12.8. The number of aliphatic hydroxyl groups is 1. The van der Waals surface area contributed by atoms with E-state index in [-0.39, 0.29) is 46.6 Å². The van der Waals surface area contributed by atoms with Gasteiger partial charge in [0.1, 0.15) is 0 Å². The van der Waals surface area contributed by atoms with E-state index in [0.29, 0.717) is 21.7 Å². The van der Waals surface area contributed by atoms with Crippen molar-refractivity contribution < 1.29 is 30.0 Å². The zero-order valence-electron chi connectivity index (χ0n) is 21.3. The van der Waals surface area contributed by atoms with Crippen LogP contribution in [0.3, 0.4) is 0 Å². The van der Waals surface area contributed by atoms with Crippen LogP contribution in [0.15, 0.2) is 103 Å². The topological polar surface area (TPSA) is 50.2 Å². The predicted molar refractivity (Wildman–Crippen MR) is 161 cm³/mol. The zero-order chi connectivity index (χ0) is 26.2. The number of carbonyl (C=O) groups is 1. The second kappa shape index (κ2) is 11.8. The number of carbonyl (C=O) groups excluding carboxylic acids is 1. The number of benzene rings is 4. The van der Waals surface area contributed by atoms with Crippen molar-refractivity contribution >= 4 is 87.4 Å². The molecule has 7 heteroatoms. The molecule has 1 radical (unpaired) electrons. The third-order valence-corrected chi connectivity index (χ3v) is 11.5. The number of aromatic nitrogens is 1. The molecule has 0 aliphatic carbocycles. The molecule has 2 aliphatic rings. The van der Waals surface area contributed by atoms with E-state index >= 15 is 0 Å². The summed E-state index contributed by atoms with van der Waals surface area (Å²) in [6, 6.07) is 34.7. The average Bonchev–Trinajstić information content (AvgIpc) is 2.92. The number of hydrogen-bond donors (Lipinski definition) is 1. The summed E-state index contributed by atoms with van der Waals surface area (Å²) < 4.78 is 5.97. The third kappa shape index (κ3) is 5.49. The van der Waals surface area contributed by atoms with Crippen LogP contribution < -0.4 is 34.2 Å². The van der Waals surface area contributed by atoms with Gasteiger partial charge in [0.2, 0.25) is 0 Å². The average molecular weight is 814 g/mol. The van der Waals surface area contributed by atoms with Crippen molar-refractivity contribution in [1.29, 1.82) is 0 Å². The minimum atomic E-state index is -0.125. The number of allylic oxidation sites excluding steroid dienone is 2. The Hall–Kier alpha value is -2.75. The van der Waals surface area contributed by atoms with Gasteiger partial charge in [0.15, 0.2) is 5.78 Å². The Balaban J connectivity index is 0.000000345. The Labute approximate surface area is 254 Å². The first-order valence-electron chi connectivity index (χ1n) is 12.3. The van der Waals surface area contributed by atoms with Crippen LogP contribution in [-0.2, 0) is 24.9 Å². The number of fused-ring (bicyclic) bond motifs is 5. The van der Waals surface area contributed by atoms with Crippen molar-refractivity contribution in [3.63, 3.8) is 0 Å². The molecule has 3 heterocycles. The number of pyridine rings is 1. The van der Waals surface area contributed by atoms with Gasteiger partial charge in [-0.25, -0.2) is 0 Å². The second-order valence-electron chi connectivity index (χ2n) is 9.30. The van der Waals surface area contributed by atoms with Crippen molar-refractivity contribution in [2.75, 3.05) is 0 Å². The van der Waals surface area contributed by atoms with Gasteiger partial charge in [0, 0.05) is 26.2 Å². The summed E-state index contributed by atoms with van der Waals surface area (Å²) in [5, 5.41) is 10.8. The van der Waals surface area contributed by atoms with E-state index in [2.05, 4.69) is 91.0 Å². The van der Waals surface area contributed by atoms with E-state index < -0.39 is 0 Å². The Morgan fingerprint density at radius 1 is 0.872 bits per heavy atom. The van der Waals surface area contributed by atoms with Crippen molar-refractivity contribution in [1.82, 2.24) is 4.98 Å². The van der Waals surface area contributed by atoms with Crippen molar-refractivity contribution in [3.05, 3.63) is 109 Å². The Morgan fingerprint density at radius 3 is 2.13 bits per heavy atom. The van der Waals surface area contributed by atoms with Gasteiger partial charge in [-0.3, -0.25) is 4.79 Å². The summed E-state index contributed by atoms with van der Waals surface area (Å²) >= 11 is 0.575. The van der Waals surface area contributed by atoms with Crippen molar-refractivity contribution in [2.45, 2.75) is 13.8 Å². The third-order valence-electron chi connectivity index (χ3n) is 6.56. The van der Waals surface area contributed by atoms with Crippen molar-refractivity contribution in [2.24, 2.45) is 0 Å². The summed E-state index contributed by atoms with van der Waals surface area (Å²) in [5.41, 5.74) is 6.76. The Kier molecular flexibility index (Phi) is 8.40. The van der Waals surface area contributed by atoms with Crippen LogP contribution in [0.5, 0.6) is 0 Å². The molecule has 0 unspecified atom stereocenters. The summed E-state index contributed by atoms with van der Waals surface area (Å²) in [4.78, 5) is 14.9. The van der Waals surface area contributed by atoms with Gasteiger partial charge in [0.05, 0.1) is 5.76 Å². The summed E-state index contributed by atoms with van der Waals surface area (Å²) in [7, 11) is 0. The first kappa shape index (κ1) is 27.8. The van der Waals surface area contributed by atoms with E-state index in [1.54, 1.807) is 5.46 Å². The molecule has 4 aromatic carbocycles. The van der Waals surface area contributed by atoms with E-state index in [1.807, 2.05) is 6.20 Å². The molecule has 5 aromatic rings. The maximum atomic E-state index is 10.0. The fraction of sp³-hybridized carbons (Fsp3) is 0.0625. The Morgan fingerprint density at radius 2 is 1.49 bits per heavy atom. The minimum absolute atomic E-state index is 0. The van der Waals surface area contributed by atoms with Crippen LogP contribution in [0.4, 0.5) is 0 Å². The van der Waals surface area contributed by atoms with E-state index in [0.717, 1.165) is 5.69 Å². The van der Waals surface area contributed by atoms with Crippen LogP contribution in [0.1, 0.15) is 13.8 Å². The Bertz CT molecular complexity index is 1740. The second-order valence-corrected chi connectivity index (χ2v) is 13.8. The van der Waals surface area contributed by atoms with Gasteiger partial charge in [-0.2, -0.15) is 0 Å². The molecule has 193 valence electrons. The van der Waals surface area contributed by atoms with Gasteiger partial charge in [-0.15, -0.1) is 0 Å². The maximum absolute atomic E-state index is 10.0. The molecule has 2 aliphatic heterocycles. The molecule has 3 nitrogen and oxygen atoms in total. The van der Waals surface area contributed by atoms with Crippen LogP contribution in [-0.4, -0.2) is 52.5 Å². The van der Waals surface area contributed by atoms with Crippen LogP contribution in [0.2, 0.25) is 0 Å². The molecule has 0 spiro atoms. The summed E-state index contributed by atoms with van der Waals surface area (Å²) in [5.74, 6) is -0.0625. The number of aliphatic hydroxyl groups excluding tert-OH is 1. The molecular weight excluding hydrogens is 791 g/mol. The molecule has 0 saturated carbocycles. The van der Waals surface area contributed by atoms with E-state index in [4.69, 9.17) is 10.1 Å². The molecule has 0 fully saturated rings. The number of hydrogen-bond acceptors (Lipinski definition) is 3. The van der Waals surface area contributed by atoms with Gasteiger partial charge in [-0.05, 0) is 13.8 Å². The van der Waals surface area contributed by atoms with Gasteiger partial charge < -0.3 is 5.11 Å². The summed E-state index contributed by atoms with van der Waals surface area (Å²) in [6.45, 7) is 3.18. The molecule has 0 atom stereocenters. The number of ketones is 1. The van der Waals surface area contributed by atoms with Crippen molar-refractivity contribution in [3.8, 4) is 11.3 Å². The monoisotopic (exact) mass is 817 g/mol. The van der Waals surface area contributed by atoms with E-state index in [9.17, 15) is 4.79 Å². The van der Waals surface area contributed by atoms with Gasteiger partial charge >= 0.3 is 195 Å². The van der Waals surface area contributed by atoms with Crippen LogP contribution in [0.25, 0.3) is 22.0 Å². The fourth-order valence-electron chi connectivity index (χ4n) is 5.03.